The quantitative estimate of drug-likeness (QED) is 0.128. The van der Waals surface area contributed by atoms with Crippen molar-refractivity contribution in [1.82, 2.24) is 19.5 Å². The van der Waals surface area contributed by atoms with E-state index in [4.69, 9.17) is 26.8 Å². The monoisotopic (exact) mass is 615 g/mol. The molecule has 0 radical (unpaired) electrons. The number of alkyl halides is 1. The minimum atomic E-state index is -2.84. The van der Waals surface area contributed by atoms with Gasteiger partial charge in [0.05, 0.1) is 18.5 Å². The molecule has 0 bridgehead atoms. The van der Waals surface area contributed by atoms with E-state index in [1.165, 1.54) is 30.3 Å². The van der Waals surface area contributed by atoms with Crippen molar-refractivity contribution in [3.8, 4) is 11.1 Å². The maximum Gasteiger partial charge on any atom is 0.348 e. The molecule has 0 amide bonds. The molecule has 43 heavy (non-hydrogen) atoms. The number of carbonyl (C=O) groups is 3. The van der Waals surface area contributed by atoms with Gasteiger partial charge in [0.15, 0.2) is 23.9 Å². The Morgan fingerprint density at radius 2 is 1.74 bits per heavy atom. The van der Waals surface area contributed by atoms with Crippen LogP contribution < -0.4 is 5.73 Å². The first kappa shape index (κ1) is 29.8. The van der Waals surface area contributed by atoms with Crippen LogP contribution in [0.5, 0.6) is 0 Å². The van der Waals surface area contributed by atoms with E-state index < -0.39 is 61.1 Å². The molecule has 14 nitrogen and oxygen atoms in total. The molecule has 4 aromatic rings. The minimum absolute atomic E-state index is 0.0127. The summed E-state index contributed by atoms with van der Waals surface area (Å²) in [6.07, 6.45) is -6.43. The Hall–Kier alpha value is -4.70. The van der Waals surface area contributed by atoms with Crippen LogP contribution in [0.3, 0.4) is 0 Å². The highest BCUT2D eigenvalue weighted by atomic mass is 35.5. The summed E-state index contributed by atoms with van der Waals surface area (Å²) in [6.45, 7) is -0.814. The molecule has 2 aromatic heterocycles. The molecule has 16 heteroatoms. The van der Waals surface area contributed by atoms with Gasteiger partial charge in [-0.15, -0.1) is 0 Å². The van der Waals surface area contributed by atoms with Crippen molar-refractivity contribution in [3.05, 3.63) is 71.3 Å². The van der Waals surface area contributed by atoms with Crippen LogP contribution >= 0.6 is 11.6 Å². The molecule has 224 valence electrons. The van der Waals surface area contributed by atoms with Gasteiger partial charge in [-0.1, -0.05) is 42.5 Å². The fraction of sp³-hybridized carbons (Fsp3) is 0.259. The number of fused-ring (bicyclic) bond motifs is 1. The number of aromatic nitrogens is 4. The molecule has 0 aliphatic carbocycles. The lowest BCUT2D eigenvalue weighted by Crippen LogP contribution is -2.52. The zero-order chi connectivity index (χ0) is 31.1. The summed E-state index contributed by atoms with van der Waals surface area (Å²) in [5, 5.41) is 39.7. The summed E-state index contributed by atoms with van der Waals surface area (Å²) in [5.74, 6) is -4.90. The number of nitrogen functional groups attached to an aromatic ring is 1. The number of halogens is 2. The average Bonchev–Trinajstić information content (AvgIpc) is 3.51. The summed E-state index contributed by atoms with van der Waals surface area (Å²) >= 11 is 5.86. The van der Waals surface area contributed by atoms with Crippen LogP contribution in [0.4, 0.5) is 10.2 Å². The molecular formula is C27H23ClFN5O9. The minimum Gasteiger partial charge on any atom is -0.479 e. The van der Waals surface area contributed by atoms with E-state index in [1.807, 2.05) is 0 Å². The van der Waals surface area contributed by atoms with Gasteiger partial charge in [-0.3, -0.25) is 4.57 Å². The van der Waals surface area contributed by atoms with Crippen molar-refractivity contribution in [1.29, 1.82) is 0 Å². The molecule has 0 unspecified atom stereocenters. The van der Waals surface area contributed by atoms with Crippen LogP contribution in [0, 0.1) is 0 Å². The third kappa shape index (κ3) is 5.46. The lowest BCUT2D eigenvalue weighted by molar-refractivity contribution is -0.190. The number of nitrogens with two attached hydrogens (primary N) is 1. The highest BCUT2D eigenvalue weighted by Gasteiger charge is 2.52. The molecule has 5 rings (SSSR count). The van der Waals surface area contributed by atoms with Gasteiger partial charge in [-0.05, 0) is 34.4 Å². The van der Waals surface area contributed by atoms with E-state index >= 15 is 4.39 Å². The van der Waals surface area contributed by atoms with Gasteiger partial charge in [0.25, 0.3) is 5.60 Å². The SMILES string of the molecule is Nc1nc(Cl)nc2c1ncn2[C@@H]1O[C@H](COC(Cc2ccc(-c3ccccc3C(=O)O)cc2)(C(=O)O)C(=O)O)[C@@H](O)[C@@H]1F. The Morgan fingerprint density at radius 3 is 2.40 bits per heavy atom. The zero-order valence-electron chi connectivity index (χ0n) is 21.9. The molecule has 0 spiro atoms. The zero-order valence-corrected chi connectivity index (χ0v) is 22.6. The summed E-state index contributed by atoms with van der Waals surface area (Å²) in [5.41, 5.74) is 4.24. The second-order valence-electron chi connectivity index (χ2n) is 9.67. The molecule has 1 saturated heterocycles. The normalized spacial score (nSPS) is 20.3. The van der Waals surface area contributed by atoms with Gasteiger partial charge in [0.2, 0.25) is 5.28 Å². The molecule has 1 aliphatic heterocycles. The smallest absolute Gasteiger partial charge is 0.348 e. The van der Waals surface area contributed by atoms with Crippen LogP contribution in [0.2, 0.25) is 5.28 Å². The van der Waals surface area contributed by atoms with Gasteiger partial charge in [-0.25, -0.2) is 23.8 Å². The Kier molecular flexibility index (Phi) is 7.98. The molecule has 6 N–H and O–H groups in total. The van der Waals surface area contributed by atoms with Gasteiger partial charge in [0, 0.05) is 6.42 Å². The fourth-order valence-electron chi connectivity index (χ4n) is 4.81. The number of hydrogen-bond donors (Lipinski definition) is 5. The van der Waals surface area contributed by atoms with Gasteiger partial charge >= 0.3 is 17.9 Å². The van der Waals surface area contributed by atoms with Gasteiger partial charge in [0.1, 0.15) is 17.7 Å². The Bertz CT molecular complexity index is 1700. The fourth-order valence-corrected chi connectivity index (χ4v) is 4.99. The van der Waals surface area contributed by atoms with Crippen molar-refractivity contribution in [3.63, 3.8) is 0 Å². The number of aliphatic hydroxyl groups excluding tert-OH is 1. The second kappa shape index (κ2) is 11.5. The third-order valence-corrected chi connectivity index (χ3v) is 7.22. The molecule has 4 atom stereocenters. The number of benzene rings is 2. The van der Waals surface area contributed by atoms with E-state index in [9.17, 15) is 34.8 Å². The van der Waals surface area contributed by atoms with Crippen LogP contribution in [0.25, 0.3) is 22.3 Å². The summed E-state index contributed by atoms with van der Waals surface area (Å²) in [7, 11) is 0. The van der Waals surface area contributed by atoms with Crippen molar-refractivity contribution < 1.29 is 48.7 Å². The lowest BCUT2D eigenvalue weighted by Gasteiger charge is -2.27. The number of aliphatic carboxylic acids is 2. The number of rotatable bonds is 10. The molecular weight excluding hydrogens is 593 g/mol. The number of anilines is 1. The first-order valence-electron chi connectivity index (χ1n) is 12.6. The molecule has 2 aromatic carbocycles. The topological polar surface area (TPSA) is 220 Å². The average molecular weight is 616 g/mol. The molecule has 1 fully saturated rings. The van der Waals surface area contributed by atoms with Crippen LogP contribution in [0.15, 0.2) is 54.9 Å². The number of hydrogen-bond acceptors (Lipinski definition) is 10. The lowest BCUT2D eigenvalue weighted by atomic mass is 9.92. The number of aliphatic hydroxyl groups is 1. The number of imidazole rings is 1. The van der Waals surface area contributed by atoms with E-state index in [0.29, 0.717) is 11.1 Å². The summed E-state index contributed by atoms with van der Waals surface area (Å²) < 4.78 is 27.3. The molecule has 1 aliphatic rings. The first-order chi connectivity index (χ1) is 20.4. The second-order valence-corrected chi connectivity index (χ2v) is 10.0. The van der Waals surface area contributed by atoms with E-state index in [2.05, 4.69) is 15.0 Å². The Balaban J connectivity index is 1.36. The van der Waals surface area contributed by atoms with Crippen molar-refractivity contribution in [2.75, 3.05) is 12.3 Å². The number of aromatic carboxylic acids is 1. The van der Waals surface area contributed by atoms with Crippen LogP contribution in [-0.4, -0.2) is 88.4 Å². The number of carboxylic acids is 3. The largest absolute Gasteiger partial charge is 0.479 e. The number of nitrogens with zero attached hydrogens (tertiary/aromatic N) is 4. The van der Waals surface area contributed by atoms with Gasteiger partial charge < -0.3 is 35.6 Å². The predicted molar refractivity (Wildman–Crippen MR) is 146 cm³/mol. The first-order valence-corrected chi connectivity index (χ1v) is 13.0. The van der Waals surface area contributed by atoms with Gasteiger partial charge in [-0.2, -0.15) is 9.97 Å². The standard InChI is InChI=1S/C27H23ClFN5O9/c28-26-32-20(30)18-21(33-26)34(11-31-18)22-17(29)19(35)16(43-22)10-42-27(24(38)39,25(40)41)9-12-5-7-13(8-6-12)14-3-1-2-4-15(14)23(36)37/h1-8,11,16-17,19,22,35H,9-10H2,(H,36,37)(H,38,39)(H,40,41)(H2,30,32,33)/t16-,17+,19-,22-/m1/s1. The molecule has 0 saturated carbocycles. The van der Waals surface area contributed by atoms with Crippen LogP contribution in [-0.2, 0) is 25.5 Å². The maximum atomic E-state index is 15.2. The summed E-state index contributed by atoms with van der Waals surface area (Å²) in [6, 6.07) is 12.2. The maximum absolute atomic E-state index is 15.2. The Labute approximate surface area is 246 Å². The third-order valence-electron chi connectivity index (χ3n) is 7.05. The van der Waals surface area contributed by atoms with Crippen molar-refractivity contribution in [2.24, 2.45) is 0 Å². The number of carboxylic acid groups (broad SMARTS) is 3. The predicted octanol–water partition coefficient (Wildman–Crippen LogP) is 2.19. The highest BCUT2D eigenvalue weighted by Crippen LogP contribution is 2.35. The van der Waals surface area contributed by atoms with E-state index in [0.717, 1.165) is 10.9 Å². The van der Waals surface area contributed by atoms with Crippen molar-refractivity contribution in [2.45, 2.75) is 36.6 Å². The highest BCUT2D eigenvalue weighted by molar-refractivity contribution is 6.28. The van der Waals surface area contributed by atoms with Crippen LogP contribution in [0.1, 0.15) is 22.1 Å². The van der Waals surface area contributed by atoms with E-state index in [-0.39, 0.29) is 33.4 Å². The number of ether oxygens (including phenoxy) is 2. The van der Waals surface area contributed by atoms with Crippen molar-refractivity contribution >= 4 is 46.5 Å². The summed E-state index contributed by atoms with van der Waals surface area (Å²) in [4.78, 5) is 47.9. The Morgan fingerprint density at radius 1 is 1.07 bits per heavy atom. The molecule has 3 heterocycles. The van der Waals surface area contributed by atoms with E-state index in [1.54, 1.807) is 18.2 Å².